The van der Waals surface area contributed by atoms with Gasteiger partial charge in [-0.2, -0.15) is 5.10 Å². The van der Waals surface area contributed by atoms with E-state index in [-0.39, 0.29) is 6.42 Å². The van der Waals surface area contributed by atoms with Gasteiger partial charge in [0, 0.05) is 12.1 Å². The second kappa shape index (κ2) is 4.08. The summed E-state index contributed by atoms with van der Waals surface area (Å²) in [6, 6.07) is 3.88. The maximum Gasteiger partial charge on any atom is 0.303 e. The van der Waals surface area contributed by atoms with Crippen LogP contribution in [0.1, 0.15) is 18.5 Å². The van der Waals surface area contributed by atoms with Crippen molar-refractivity contribution >= 4 is 11.5 Å². The first-order chi connectivity index (χ1) is 7.27. The van der Waals surface area contributed by atoms with Crippen molar-refractivity contribution in [2.24, 2.45) is 0 Å². The van der Waals surface area contributed by atoms with E-state index in [9.17, 15) is 4.79 Å². The predicted molar refractivity (Wildman–Crippen MR) is 53.6 cm³/mol. The first kappa shape index (κ1) is 9.64. The van der Waals surface area contributed by atoms with Crippen LogP contribution in [0.3, 0.4) is 0 Å². The molecule has 0 bridgehead atoms. The predicted octanol–water partition coefficient (Wildman–Crippen LogP) is 1.14. The summed E-state index contributed by atoms with van der Waals surface area (Å²) in [6.07, 6.45) is 4.75. The smallest absolute Gasteiger partial charge is 0.303 e. The van der Waals surface area contributed by atoms with Gasteiger partial charge in [-0.15, -0.1) is 0 Å². The molecule has 0 unspecified atom stereocenters. The summed E-state index contributed by atoms with van der Waals surface area (Å²) in [4.78, 5) is 14.3. The topological polar surface area (TPSA) is 67.5 Å². The highest BCUT2D eigenvalue weighted by Gasteiger charge is 2.03. The van der Waals surface area contributed by atoms with Crippen molar-refractivity contribution in [3.63, 3.8) is 0 Å². The van der Waals surface area contributed by atoms with Crippen molar-refractivity contribution in [3.8, 4) is 0 Å². The van der Waals surface area contributed by atoms with Crippen LogP contribution in [-0.2, 0) is 11.2 Å². The number of aryl methyl sites for hydroxylation is 1. The van der Waals surface area contributed by atoms with Gasteiger partial charge in [-0.05, 0) is 25.0 Å². The van der Waals surface area contributed by atoms with Gasteiger partial charge in [0.1, 0.15) is 6.33 Å². The third kappa shape index (κ3) is 2.12. The quantitative estimate of drug-likeness (QED) is 0.812. The summed E-state index contributed by atoms with van der Waals surface area (Å²) in [5, 5.41) is 12.6. The van der Waals surface area contributed by atoms with E-state index >= 15 is 0 Å². The molecule has 0 saturated carbocycles. The lowest BCUT2D eigenvalue weighted by Crippen LogP contribution is -2.00. The molecule has 0 amide bonds. The standard InChI is InChI=1S/C10H11N3O2/c14-10(15)3-1-2-8-4-5-9-6-11-7-12-13(8)9/h4-7H,1-3H2,(H,14,15). The van der Waals surface area contributed by atoms with Gasteiger partial charge in [0.15, 0.2) is 0 Å². The molecule has 0 aromatic carbocycles. The zero-order chi connectivity index (χ0) is 10.7. The lowest BCUT2D eigenvalue weighted by atomic mass is 10.2. The van der Waals surface area contributed by atoms with Crippen molar-refractivity contribution in [1.29, 1.82) is 0 Å². The first-order valence-corrected chi connectivity index (χ1v) is 4.76. The van der Waals surface area contributed by atoms with Crippen LogP contribution in [-0.4, -0.2) is 25.7 Å². The highest BCUT2D eigenvalue weighted by atomic mass is 16.4. The average molecular weight is 205 g/mol. The Labute approximate surface area is 86.4 Å². The number of aliphatic carboxylic acids is 1. The Kier molecular flexibility index (Phi) is 2.62. The molecule has 0 aliphatic carbocycles. The Morgan fingerprint density at radius 2 is 2.33 bits per heavy atom. The van der Waals surface area contributed by atoms with Gasteiger partial charge in [-0.25, -0.2) is 9.50 Å². The van der Waals surface area contributed by atoms with Crippen LogP contribution in [0.25, 0.3) is 5.52 Å². The molecule has 2 heterocycles. The Morgan fingerprint density at radius 1 is 1.47 bits per heavy atom. The van der Waals surface area contributed by atoms with E-state index in [1.54, 1.807) is 10.7 Å². The molecule has 0 aliphatic heterocycles. The summed E-state index contributed by atoms with van der Waals surface area (Å²) in [7, 11) is 0. The van der Waals surface area contributed by atoms with Crippen LogP contribution < -0.4 is 0 Å². The Bertz CT molecular complexity index is 478. The summed E-state index contributed by atoms with van der Waals surface area (Å²) in [6.45, 7) is 0. The maximum absolute atomic E-state index is 10.4. The van der Waals surface area contributed by atoms with E-state index in [0.29, 0.717) is 6.42 Å². The normalized spacial score (nSPS) is 10.7. The minimum atomic E-state index is -0.759. The minimum Gasteiger partial charge on any atom is -0.481 e. The van der Waals surface area contributed by atoms with E-state index in [2.05, 4.69) is 10.1 Å². The van der Waals surface area contributed by atoms with E-state index in [0.717, 1.165) is 17.6 Å². The summed E-state index contributed by atoms with van der Waals surface area (Å²) in [5.41, 5.74) is 1.96. The Morgan fingerprint density at radius 3 is 3.13 bits per heavy atom. The molecular formula is C10H11N3O2. The molecule has 0 aliphatic rings. The van der Waals surface area contributed by atoms with Crippen LogP contribution in [0, 0.1) is 0 Å². The third-order valence-corrected chi connectivity index (χ3v) is 2.23. The van der Waals surface area contributed by atoms with Crippen molar-refractivity contribution in [3.05, 3.63) is 30.4 Å². The highest BCUT2D eigenvalue weighted by molar-refractivity contribution is 5.66. The molecule has 2 rings (SSSR count). The largest absolute Gasteiger partial charge is 0.481 e. The van der Waals surface area contributed by atoms with Crippen LogP contribution in [0.15, 0.2) is 24.7 Å². The molecule has 0 saturated heterocycles. The van der Waals surface area contributed by atoms with Gasteiger partial charge < -0.3 is 5.11 Å². The Balaban J connectivity index is 2.11. The Hall–Kier alpha value is -1.91. The highest BCUT2D eigenvalue weighted by Crippen LogP contribution is 2.09. The van der Waals surface area contributed by atoms with E-state index in [1.165, 1.54) is 6.33 Å². The number of nitrogens with zero attached hydrogens (tertiary/aromatic N) is 3. The first-order valence-electron chi connectivity index (χ1n) is 4.76. The molecule has 1 N–H and O–H groups in total. The second-order valence-corrected chi connectivity index (χ2v) is 3.32. The van der Waals surface area contributed by atoms with Crippen molar-refractivity contribution in [1.82, 2.24) is 14.6 Å². The summed E-state index contributed by atoms with van der Waals surface area (Å²) >= 11 is 0. The molecule has 0 fully saturated rings. The number of carbonyl (C=O) groups is 1. The number of carboxylic acids is 1. The number of fused-ring (bicyclic) bond motifs is 1. The van der Waals surface area contributed by atoms with Crippen LogP contribution in [0.5, 0.6) is 0 Å². The fourth-order valence-corrected chi connectivity index (χ4v) is 1.53. The second-order valence-electron chi connectivity index (χ2n) is 3.32. The lowest BCUT2D eigenvalue weighted by Gasteiger charge is -1.99. The molecule has 2 aromatic rings. The zero-order valence-corrected chi connectivity index (χ0v) is 8.13. The van der Waals surface area contributed by atoms with E-state index in [1.807, 2.05) is 12.1 Å². The van der Waals surface area contributed by atoms with Crippen molar-refractivity contribution < 1.29 is 9.90 Å². The molecule has 15 heavy (non-hydrogen) atoms. The number of hydrogen-bond acceptors (Lipinski definition) is 3. The average Bonchev–Trinajstić information content (AvgIpc) is 2.62. The zero-order valence-electron chi connectivity index (χ0n) is 8.13. The van der Waals surface area contributed by atoms with Gasteiger partial charge in [0.05, 0.1) is 11.7 Å². The number of rotatable bonds is 4. The number of hydrogen-bond donors (Lipinski definition) is 1. The maximum atomic E-state index is 10.4. The third-order valence-electron chi connectivity index (χ3n) is 2.23. The molecule has 78 valence electrons. The van der Waals surface area contributed by atoms with E-state index < -0.39 is 5.97 Å². The molecule has 5 nitrogen and oxygen atoms in total. The lowest BCUT2D eigenvalue weighted by molar-refractivity contribution is -0.137. The van der Waals surface area contributed by atoms with E-state index in [4.69, 9.17) is 5.11 Å². The molecule has 0 atom stereocenters. The molecule has 0 radical (unpaired) electrons. The fourth-order valence-electron chi connectivity index (χ4n) is 1.53. The van der Waals surface area contributed by atoms with Gasteiger partial charge in [0.25, 0.3) is 0 Å². The summed E-state index contributed by atoms with van der Waals surface area (Å²) < 4.78 is 1.79. The molecular weight excluding hydrogens is 194 g/mol. The van der Waals surface area contributed by atoms with Gasteiger partial charge in [-0.1, -0.05) is 0 Å². The van der Waals surface area contributed by atoms with Gasteiger partial charge in [0.2, 0.25) is 0 Å². The fraction of sp³-hybridized carbons (Fsp3) is 0.300. The number of aromatic nitrogens is 3. The monoisotopic (exact) mass is 205 g/mol. The van der Waals surface area contributed by atoms with Crippen molar-refractivity contribution in [2.75, 3.05) is 0 Å². The molecule has 0 spiro atoms. The number of carboxylic acid groups (broad SMARTS) is 1. The minimum absolute atomic E-state index is 0.193. The molecule has 2 aromatic heterocycles. The van der Waals surface area contributed by atoms with Crippen LogP contribution >= 0.6 is 0 Å². The van der Waals surface area contributed by atoms with Crippen LogP contribution in [0.4, 0.5) is 0 Å². The summed E-state index contributed by atoms with van der Waals surface area (Å²) in [5.74, 6) is -0.759. The van der Waals surface area contributed by atoms with Crippen LogP contribution in [0.2, 0.25) is 0 Å². The molecule has 5 heteroatoms. The SMILES string of the molecule is O=C(O)CCCc1ccc2cncnn12. The van der Waals surface area contributed by atoms with Gasteiger partial charge >= 0.3 is 5.97 Å². The van der Waals surface area contributed by atoms with Crippen molar-refractivity contribution in [2.45, 2.75) is 19.3 Å². The van der Waals surface area contributed by atoms with Gasteiger partial charge in [-0.3, -0.25) is 4.79 Å².